The molecule has 0 aliphatic carbocycles. The lowest BCUT2D eigenvalue weighted by atomic mass is 9.95. The highest BCUT2D eigenvalue weighted by atomic mass is 79.9. The third-order valence-electron chi connectivity index (χ3n) is 5.20. The molecule has 0 spiro atoms. The lowest BCUT2D eigenvalue weighted by Crippen LogP contribution is -2.42. The second-order valence-electron chi connectivity index (χ2n) is 7.43. The molecule has 2 unspecified atom stereocenters. The van der Waals surface area contributed by atoms with Gasteiger partial charge in [0, 0.05) is 13.0 Å². The third-order valence-corrected chi connectivity index (χ3v) is 5.81. The van der Waals surface area contributed by atoms with Gasteiger partial charge in [0.25, 0.3) is 0 Å². The van der Waals surface area contributed by atoms with Gasteiger partial charge in [-0.1, -0.05) is 13.0 Å². The number of alkyl halides is 3. The summed E-state index contributed by atoms with van der Waals surface area (Å²) in [6, 6.07) is 3.58. The number of benzene rings is 2. The maximum absolute atomic E-state index is 14.2. The first-order chi connectivity index (χ1) is 14.9. The predicted molar refractivity (Wildman–Crippen MR) is 107 cm³/mol. The lowest BCUT2D eigenvalue weighted by Gasteiger charge is -2.19. The summed E-state index contributed by atoms with van der Waals surface area (Å²) >= 11 is 2.85. The third kappa shape index (κ3) is 4.92. The van der Waals surface area contributed by atoms with Crippen LogP contribution in [0.4, 0.5) is 32.0 Å². The molecule has 3 rings (SSSR count). The average Bonchev–Trinajstić information content (AvgIpc) is 3.05. The molecule has 0 bridgehead atoms. The van der Waals surface area contributed by atoms with Gasteiger partial charge in [0.15, 0.2) is 11.6 Å². The van der Waals surface area contributed by atoms with Crippen molar-refractivity contribution in [2.75, 3.05) is 11.4 Å². The fraction of sp³-hybridized carbons (Fsp3) is 0.333. The van der Waals surface area contributed by atoms with E-state index in [2.05, 4.69) is 21.2 Å². The van der Waals surface area contributed by atoms with Gasteiger partial charge in [0.2, 0.25) is 11.8 Å². The fourth-order valence-corrected chi connectivity index (χ4v) is 3.83. The van der Waals surface area contributed by atoms with Gasteiger partial charge in [-0.2, -0.15) is 13.2 Å². The first-order valence-electron chi connectivity index (χ1n) is 9.51. The van der Waals surface area contributed by atoms with Crippen molar-refractivity contribution in [3.8, 4) is 0 Å². The van der Waals surface area contributed by atoms with E-state index in [1.807, 2.05) is 0 Å². The van der Waals surface area contributed by atoms with Crippen LogP contribution in [0.15, 0.2) is 34.8 Å². The van der Waals surface area contributed by atoms with E-state index in [0.29, 0.717) is 6.07 Å². The minimum absolute atomic E-state index is 0.0465. The summed E-state index contributed by atoms with van der Waals surface area (Å²) in [6.07, 6.45) is -4.83. The molecule has 2 amide bonds. The van der Waals surface area contributed by atoms with Crippen molar-refractivity contribution in [1.29, 1.82) is 0 Å². The molecule has 11 heteroatoms. The molecule has 1 N–H and O–H groups in total. The molecule has 1 aliphatic rings. The zero-order valence-corrected chi connectivity index (χ0v) is 18.2. The molecule has 1 fully saturated rings. The first-order valence-corrected chi connectivity index (χ1v) is 10.3. The van der Waals surface area contributed by atoms with E-state index >= 15 is 0 Å². The number of anilines is 1. The van der Waals surface area contributed by atoms with E-state index in [1.165, 1.54) is 19.1 Å². The van der Waals surface area contributed by atoms with Crippen LogP contribution >= 0.6 is 15.9 Å². The van der Waals surface area contributed by atoms with Gasteiger partial charge in [0.1, 0.15) is 11.9 Å². The van der Waals surface area contributed by atoms with E-state index < -0.39 is 53.0 Å². The second kappa shape index (κ2) is 9.13. The topological polar surface area (TPSA) is 49.4 Å². The molecule has 1 heterocycles. The molecule has 2 aromatic carbocycles. The van der Waals surface area contributed by atoms with Crippen molar-refractivity contribution in [3.63, 3.8) is 0 Å². The van der Waals surface area contributed by atoms with Gasteiger partial charge in [-0.05, 0) is 58.1 Å². The van der Waals surface area contributed by atoms with Crippen LogP contribution in [0.1, 0.15) is 36.8 Å². The number of hydrogen-bond acceptors (Lipinski definition) is 2. The number of carbonyl (C=O) groups is 2. The molecule has 4 nitrogen and oxygen atoms in total. The number of halogens is 7. The van der Waals surface area contributed by atoms with Crippen LogP contribution in [-0.2, 0) is 15.8 Å². The quantitative estimate of drug-likeness (QED) is 0.428. The predicted octanol–water partition coefficient (Wildman–Crippen LogP) is 5.30. The molecular weight excluding hydrogens is 506 g/mol. The summed E-state index contributed by atoms with van der Waals surface area (Å²) in [5, 5.41) is 2.47. The molecule has 0 aromatic heterocycles. The van der Waals surface area contributed by atoms with Gasteiger partial charge in [-0.25, -0.2) is 13.2 Å². The number of rotatable bonds is 5. The van der Waals surface area contributed by atoms with Crippen molar-refractivity contribution in [2.24, 2.45) is 0 Å². The summed E-state index contributed by atoms with van der Waals surface area (Å²) in [5.74, 6) is -5.45. The zero-order chi connectivity index (χ0) is 23.8. The number of hydrogen-bond donors (Lipinski definition) is 1. The zero-order valence-electron chi connectivity index (χ0n) is 16.6. The van der Waals surface area contributed by atoms with E-state index in [0.717, 1.165) is 17.0 Å². The highest BCUT2D eigenvalue weighted by Crippen LogP contribution is 2.33. The molecule has 1 saturated heterocycles. The summed E-state index contributed by atoms with van der Waals surface area (Å²) in [6.45, 7) is 1.51. The fourth-order valence-electron chi connectivity index (χ4n) is 3.52. The number of carbonyl (C=O) groups excluding carboxylic acids is 2. The van der Waals surface area contributed by atoms with Crippen molar-refractivity contribution in [3.05, 3.63) is 63.4 Å². The van der Waals surface area contributed by atoms with Gasteiger partial charge < -0.3 is 10.2 Å². The standard InChI is InChI=1S/C21H17BrF6N2O2/c1-10(12-3-2-11(9-14(12)23)21(26,27)28)8-17(31)29-15-6-7-30(20(15)32)16-5-4-13(22)18(24)19(16)25/h2-5,9-10,15H,6-8H2,1H3,(H,29,31). The van der Waals surface area contributed by atoms with E-state index in [9.17, 15) is 35.9 Å². The Morgan fingerprint density at radius 1 is 1.19 bits per heavy atom. The van der Waals surface area contributed by atoms with Crippen molar-refractivity contribution in [1.82, 2.24) is 5.32 Å². The van der Waals surface area contributed by atoms with Crippen LogP contribution in [0.2, 0.25) is 0 Å². The smallest absolute Gasteiger partial charge is 0.344 e. The maximum Gasteiger partial charge on any atom is 0.416 e. The van der Waals surface area contributed by atoms with Crippen LogP contribution < -0.4 is 10.2 Å². The Hall–Kier alpha value is -2.56. The van der Waals surface area contributed by atoms with Crippen LogP contribution in [0, 0.1) is 17.5 Å². The van der Waals surface area contributed by atoms with E-state index in [-0.39, 0.29) is 35.1 Å². The number of nitrogens with one attached hydrogen (secondary N) is 1. The molecule has 0 saturated carbocycles. The van der Waals surface area contributed by atoms with E-state index in [4.69, 9.17) is 0 Å². The summed E-state index contributed by atoms with van der Waals surface area (Å²) in [4.78, 5) is 25.9. The summed E-state index contributed by atoms with van der Waals surface area (Å²) in [5.41, 5.74) is -1.46. The highest BCUT2D eigenvalue weighted by molar-refractivity contribution is 9.10. The molecule has 172 valence electrons. The highest BCUT2D eigenvalue weighted by Gasteiger charge is 2.36. The normalized spacial score (nSPS) is 17.6. The minimum atomic E-state index is -4.69. The Bertz CT molecular complexity index is 1060. The van der Waals surface area contributed by atoms with Gasteiger partial charge in [-0.15, -0.1) is 0 Å². The van der Waals surface area contributed by atoms with Crippen molar-refractivity contribution in [2.45, 2.75) is 37.9 Å². The van der Waals surface area contributed by atoms with Crippen LogP contribution in [-0.4, -0.2) is 24.4 Å². The van der Waals surface area contributed by atoms with E-state index in [1.54, 1.807) is 0 Å². The minimum Gasteiger partial charge on any atom is -0.344 e. The molecular formula is C21H17BrF6N2O2. The second-order valence-corrected chi connectivity index (χ2v) is 8.29. The largest absolute Gasteiger partial charge is 0.416 e. The molecule has 2 atom stereocenters. The molecule has 32 heavy (non-hydrogen) atoms. The Kier molecular flexibility index (Phi) is 6.87. The molecule has 0 radical (unpaired) electrons. The van der Waals surface area contributed by atoms with Crippen LogP contribution in [0.25, 0.3) is 0 Å². The van der Waals surface area contributed by atoms with Crippen LogP contribution in [0.5, 0.6) is 0 Å². The maximum atomic E-state index is 14.2. The average molecular weight is 523 g/mol. The molecule has 2 aromatic rings. The van der Waals surface area contributed by atoms with Gasteiger partial charge in [-0.3, -0.25) is 9.59 Å². The van der Waals surface area contributed by atoms with Gasteiger partial charge >= 0.3 is 6.18 Å². The Balaban J connectivity index is 1.64. The Morgan fingerprint density at radius 3 is 2.50 bits per heavy atom. The first kappa shape index (κ1) is 24.1. The Labute approximate surface area is 187 Å². The lowest BCUT2D eigenvalue weighted by molar-refractivity contribution is -0.137. The summed E-state index contributed by atoms with van der Waals surface area (Å²) < 4.78 is 80.0. The summed E-state index contributed by atoms with van der Waals surface area (Å²) in [7, 11) is 0. The molecule has 1 aliphatic heterocycles. The Morgan fingerprint density at radius 2 is 1.88 bits per heavy atom. The number of amides is 2. The van der Waals surface area contributed by atoms with Crippen molar-refractivity contribution >= 4 is 33.4 Å². The van der Waals surface area contributed by atoms with Gasteiger partial charge in [0.05, 0.1) is 15.7 Å². The SMILES string of the molecule is CC(CC(=O)NC1CCN(c2ccc(Br)c(F)c2F)C1=O)c1ccc(C(F)(F)F)cc1F. The van der Waals surface area contributed by atoms with Crippen LogP contribution in [0.3, 0.4) is 0 Å². The number of nitrogens with zero attached hydrogens (tertiary/aromatic N) is 1. The monoisotopic (exact) mass is 522 g/mol. The van der Waals surface area contributed by atoms with Crippen molar-refractivity contribution < 1.29 is 35.9 Å².